The average molecular weight is 374 g/mol. The van der Waals surface area contributed by atoms with Crippen molar-refractivity contribution in [3.63, 3.8) is 0 Å². The Hall–Kier alpha value is -3.14. The van der Waals surface area contributed by atoms with Gasteiger partial charge in [0.05, 0.1) is 12.2 Å². The van der Waals surface area contributed by atoms with E-state index in [9.17, 15) is 9.18 Å². The van der Waals surface area contributed by atoms with Gasteiger partial charge in [-0.1, -0.05) is 48.5 Å². The molecule has 0 aliphatic heterocycles. The van der Waals surface area contributed by atoms with E-state index >= 15 is 0 Å². The number of aryl methyl sites for hydroxylation is 1. The molecule has 142 valence electrons. The lowest BCUT2D eigenvalue weighted by atomic mass is 10.1. The van der Waals surface area contributed by atoms with Crippen molar-refractivity contribution in [1.29, 1.82) is 0 Å². The van der Waals surface area contributed by atoms with E-state index in [4.69, 9.17) is 0 Å². The number of anilines is 1. The number of aromatic nitrogens is 1. The largest absolute Gasteiger partial charge is 0.347 e. The summed E-state index contributed by atoms with van der Waals surface area (Å²) in [6.07, 6.45) is 4.25. The van der Waals surface area contributed by atoms with Crippen LogP contribution in [0, 0.1) is 0 Å². The normalized spacial score (nSPS) is 11.2. The standard InChI is InChI=1S/C24H23FN2O/c25-14-6-1-7-15-27-17-22(21-10-4-5-11-23(21)27)24(28)26-20-13-12-18-8-2-3-9-19(18)16-20/h2-5,8-13,16-17H,1,6-7,14-15H2,(H,26,28). The van der Waals surface area contributed by atoms with Gasteiger partial charge in [-0.2, -0.15) is 0 Å². The highest BCUT2D eigenvalue weighted by Gasteiger charge is 2.15. The first kappa shape index (κ1) is 18.2. The maximum absolute atomic E-state index is 13.0. The van der Waals surface area contributed by atoms with E-state index in [-0.39, 0.29) is 12.6 Å². The summed E-state index contributed by atoms with van der Waals surface area (Å²) in [5.41, 5.74) is 2.48. The van der Waals surface area contributed by atoms with Crippen LogP contribution in [0.5, 0.6) is 0 Å². The number of amides is 1. The number of halogens is 1. The molecule has 0 aliphatic carbocycles. The molecule has 0 spiro atoms. The minimum absolute atomic E-state index is 0.117. The lowest BCUT2D eigenvalue weighted by molar-refractivity contribution is 0.102. The first-order valence-corrected chi connectivity index (χ1v) is 9.70. The van der Waals surface area contributed by atoms with Crippen LogP contribution in [0.1, 0.15) is 29.6 Å². The number of hydrogen-bond donors (Lipinski definition) is 1. The summed E-state index contributed by atoms with van der Waals surface area (Å²) >= 11 is 0. The lowest BCUT2D eigenvalue weighted by Crippen LogP contribution is -2.11. The minimum atomic E-state index is -0.272. The van der Waals surface area contributed by atoms with Crippen molar-refractivity contribution in [1.82, 2.24) is 4.57 Å². The number of alkyl halides is 1. The number of unbranched alkanes of at least 4 members (excludes halogenated alkanes) is 2. The molecule has 0 unspecified atom stereocenters. The molecule has 0 fully saturated rings. The second-order valence-corrected chi connectivity index (χ2v) is 7.02. The van der Waals surface area contributed by atoms with Crippen molar-refractivity contribution < 1.29 is 9.18 Å². The monoisotopic (exact) mass is 374 g/mol. The van der Waals surface area contributed by atoms with Crippen LogP contribution in [0.4, 0.5) is 10.1 Å². The summed E-state index contributed by atoms with van der Waals surface area (Å²) in [6.45, 7) is 0.510. The predicted octanol–water partition coefficient (Wildman–Crippen LogP) is 6.19. The molecule has 3 aromatic carbocycles. The summed E-state index contributed by atoms with van der Waals surface area (Å²) < 4.78 is 14.4. The molecular formula is C24H23FN2O. The second kappa shape index (κ2) is 8.26. The third-order valence-electron chi connectivity index (χ3n) is 5.07. The van der Waals surface area contributed by atoms with Crippen LogP contribution in [0.25, 0.3) is 21.7 Å². The third kappa shape index (κ3) is 3.77. The van der Waals surface area contributed by atoms with Crippen LogP contribution >= 0.6 is 0 Å². The summed E-state index contributed by atoms with van der Waals surface area (Å²) in [7, 11) is 0. The van der Waals surface area contributed by atoms with Gasteiger partial charge in [0.1, 0.15) is 0 Å². The van der Waals surface area contributed by atoms with Crippen molar-refractivity contribution in [3.05, 3.63) is 78.5 Å². The summed E-state index contributed by atoms with van der Waals surface area (Å²) in [4.78, 5) is 13.0. The van der Waals surface area contributed by atoms with E-state index in [0.29, 0.717) is 12.0 Å². The van der Waals surface area contributed by atoms with E-state index in [0.717, 1.165) is 46.7 Å². The van der Waals surface area contributed by atoms with Crippen molar-refractivity contribution in [2.75, 3.05) is 12.0 Å². The first-order valence-electron chi connectivity index (χ1n) is 9.70. The van der Waals surface area contributed by atoms with Gasteiger partial charge in [-0.3, -0.25) is 9.18 Å². The van der Waals surface area contributed by atoms with Gasteiger partial charge >= 0.3 is 0 Å². The van der Waals surface area contributed by atoms with Crippen molar-refractivity contribution >= 4 is 33.3 Å². The summed E-state index contributed by atoms with van der Waals surface area (Å²) in [6, 6.07) is 21.9. The minimum Gasteiger partial charge on any atom is -0.347 e. The van der Waals surface area contributed by atoms with Gasteiger partial charge in [-0.05, 0) is 48.2 Å². The molecule has 1 N–H and O–H groups in total. The Morgan fingerprint density at radius 2 is 1.68 bits per heavy atom. The number of carbonyl (C=O) groups is 1. The van der Waals surface area contributed by atoms with Crippen molar-refractivity contribution in [2.24, 2.45) is 0 Å². The van der Waals surface area contributed by atoms with E-state index < -0.39 is 0 Å². The number of hydrogen-bond acceptors (Lipinski definition) is 1. The maximum atomic E-state index is 13.0. The molecule has 0 saturated carbocycles. The highest BCUT2D eigenvalue weighted by molar-refractivity contribution is 6.13. The molecule has 3 nitrogen and oxygen atoms in total. The van der Waals surface area contributed by atoms with Crippen LogP contribution in [0.15, 0.2) is 72.9 Å². The number of nitrogens with zero attached hydrogens (tertiary/aromatic N) is 1. The third-order valence-corrected chi connectivity index (χ3v) is 5.07. The smallest absolute Gasteiger partial charge is 0.257 e. The molecule has 4 heteroatoms. The fourth-order valence-electron chi connectivity index (χ4n) is 3.63. The Morgan fingerprint density at radius 1 is 0.893 bits per heavy atom. The van der Waals surface area contributed by atoms with E-state index in [2.05, 4.69) is 16.0 Å². The number of fused-ring (bicyclic) bond motifs is 2. The highest BCUT2D eigenvalue weighted by atomic mass is 19.1. The Labute approximate surface area is 163 Å². The fraction of sp³-hybridized carbons (Fsp3) is 0.208. The van der Waals surface area contributed by atoms with Gasteiger partial charge in [0.15, 0.2) is 0 Å². The zero-order valence-corrected chi connectivity index (χ0v) is 15.7. The Morgan fingerprint density at radius 3 is 2.54 bits per heavy atom. The molecule has 0 atom stereocenters. The SMILES string of the molecule is O=C(Nc1ccc2ccccc2c1)c1cn(CCCCCF)c2ccccc12. The molecule has 1 aromatic heterocycles. The molecule has 0 bridgehead atoms. The number of rotatable bonds is 7. The lowest BCUT2D eigenvalue weighted by Gasteiger charge is -2.06. The zero-order valence-electron chi connectivity index (χ0n) is 15.7. The molecule has 1 heterocycles. The van der Waals surface area contributed by atoms with Gasteiger partial charge in [-0.25, -0.2) is 0 Å². The van der Waals surface area contributed by atoms with Crippen LogP contribution in [0.2, 0.25) is 0 Å². The van der Waals surface area contributed by atoms with E-state index in [1.165, 1.54) is 0 Å². The maximum Gasteiger partial charge on any atom is 0.257 e. The van der Waals surface area contributed by atoms with Gasteiger partial charge in [0.2, 0.25) is 0 Å². The zero-order chi connectivity index (χ0) is 19.3. The second-order valence-electron chi connectivity index (χ2n) is 7.02. The predicted molar refractivity (Wildman–Crippen MR) is 114 cm³/mol. The van der Waals surface area contributed by atoms with E-state index in [1.54, 1.807) is 0 Å². The quantitative estimate of drug-likeness (QED) is 0.385. The van der Waals surface area contributed by atoms with Gasteiger partial charge < -0.3 is 9.88 Å². The van der Waals surface area contributed by atoms with Crippen LogP contribution < -0.4 is 5.32 Å². The molecule has 0 saturated heterocycles. The average Bonchev–Trinajstić information content (AvgIpc) is 3.10. The van der Waals surface area contributed by atoms with Crippen molar-refractivity contribution in [2.45, 2.75) is 25.8 Å². The number of nitrogens with one attached hydrogen (secondary N) is 1. The highest BCUT2D eigenvalue weighted by Crippen LogP contribution is 2.24. The molecule has 0 aliphatic rings. The van der Waals surface area contributed by atoms with Crippen LogP contribution in [0.3, 0.4) is 0 Å². The van der Waals surface area contributed by atoms with Crippen LogP contribution in [-0.2, 0) is 6.54 Å². The fourth-order valence-corrected chi connectivity index (χ4v) is 3.63. The van der Waals surface area contributed by atoms with Gasteiger partial charge in [0, 0.05) is 29.3 Å². The van der Waals surface area contributed by atoms with Crippen molar-refractivity contribution in [3.8, 4) is 0 Å². The van der Waals surface area contributed by atoms with Gasteiger partial charge in [0.25, 0.3) is 5.91 Å². The number of carbonyl (C=O) groups excluding carboxylic acids is 1. The Balaban J connectivity index is 1.59. The van der Waals surface area contributed by atoms with E-state index in [1.807, 2.05) is 66.9 Å². The molecule has 4 aromatic rings. The number of benzene rings is 3. The Bertz CT molecular complexity index is 1120. The first-order chi connectivity index (χ1) is 13.8. The van der Waals surface area contributed by atoms with Crippen LogP contribution in [-0.4, -0.2) is 17.1 Å². The topological polar surface area (TPSA) is 34.0 Å². The molecule has 0 radical (unpaired) electrons. The molecular weight excluding hydrogens is 351 g/mol. The molecule has 4 rings (SSSR count). The van der Waals surface area contributed by atoms with Gasteiger partial charge in [-0.15, -0.1) is 0 Å². The number of para-hydroxylation sites is 1. The summed E-state index contributed by atoms with van der Waals surface area (Å²) in [5, 5.41) is 6.20. The summed E-state index contributed by atoms with van der Waals surface area (Å²) in [5.74, 6) is -0.117. The molecule has 1 amide bonds. The molecule has 28 heavy (non-hydrogen) atoms. The Kier molecular flexibility index (Phi) is 5.38.